The SMILES string of the molecule is CCC(C)(CCl)NC(=O)C1Cc2ccccc2C1. The zero-order valence-corrected chi connectivity index (χ0v) is 11.8. The Kier molecular flexibility index (Phi) is 3.96. The second-order valence-electron chi connectivity index (χ2n) is 5.41. The maximum Gasteiger partial charge on any atom is 0.224 e. The predicted octanol–water partition coefficient (Wildman–Crippen LogP) is 2.93. The van der Waals surface area contributed by atoms with Gasteiger partial charge in [0.2, 0.25) is 5.91 Å². The summed E-state index contributed by atoms with van der Waals surface area (Å²) in [6.07, 6.45) is 2.55. The minimum absolute atomic E-state index is 0.0662. The molecule has 2 rings (SSSR count). The molecule has 3 heteroatoms. The summed E-state index contributed by atoms with van der Waals surface area (Å²) in [4.78, 5) is 12.3. The Hall–Kier alpha value is -1.02. The highest BCUT2D eigenvalue weighted by atomic mass is 35.5. The highest BCUT2D eigenvalue weighted by molar-refractivity contribution is 6.18. The van der Waals surface area contributed by atoms with Crippen LogP contribution in [0.1, 0.15) is 31.4 Å². The predicted molar refractivity (Wildman–Crippen MR) is 74.9 cm³/mol. The van der Waals surface area contributed by atoms with Gasteiger partial charge in [-0.2, -0.15) is 0 Å². The van der Waals surface area contributed by atoms with Gasteiger partial charge in [-0.25, -0.2) is 0 Å². The summed E-state index contributed by atoms with van der Waals surface area (Å²) in [5.74, 6) is 0.655. The Morgan fingerprint density at radius 1 is 1.39 bits per heavy atom. The first-order chi connectivity index (χ1) is 8.58. The van der Waals surface area contributed by atoms with Crippen molar-refractivity contribution < 1.29 is 4.79 Å². The third-order valence-electron chi connectivity index (χ3n) is 3.92. The van der Waals surface area contributed by atoms with Crippen LogP contribution in [0.15, 0.2) is 24.3 Å². The van der Waals surface area contributed by atoms with Crippen LogP contribution < -0.4 is 5.32 Å². The van der Waals surface area contributed by atoms with Gasteiger partial charge in [0.1, 0.15) is 0 Å². The number of alkyl halides is 1. The van der Waals surface area contributed by atoms with Crippen LogP contribution in [-0.4, -0.2) is 17.3 Å². The molecule has 1 unspecified atom stereocenters. The molecule has 0 aromatic heterocycles. The molecule has 98 valence electrons. The van der Waals surface area contributed by atoms with Crippen molar-refractivity contribution in [2.24, 2.45) is 5.92 Å². The van der Waals surface area contributed by atoms with Gasteiger partial charge in [-0.05, 0) is 37.3 Å². The Bertz CT molecular complexity index is 415. The number of benzene rings is 1. The Balaban J connectivity index is 2.01. The smallest absolute Gasteiger partial charge is 0.224 e. The summed E-state index contributed by atoms with van der Waals surface area (Å²) >= 11 is 5.93. The summed E-state index contributed by atoms with van der Waals surface area (Å²) in [6.45, 7) is 4.05. The normalized spacial score (nSPS) is 18.2. The van der Waals surface area contributed by atoms with Crippen molar-refractivity contribution in [1.82, 2.24) is 5.32 Å². The molecule has 0 radical (unpaired) electrons. The number of hydrogen-bond donors (Lipinski definition) is 1. The molecule has 1 atom stereocenters. The van der Waals surface area contributed by atoms with Gasteiger partial charge in [-0.1, -0.05) is 31.2 Å². The van der Waals surface area contributed by atoms with E-state index in [1.165, 1.54) is 11.1 Å². The molecule has 0 fully saturated rings. The monoisotopic (exact) mass is 265 g/mol. The Morgan fingerprint density at radius 3 is 2.39 bits per heavy atom. The van der Waals surface area contributed by atoms with Gasteiger partial charge in [0.15, 0.2) is 0 Å². The number of amides is 1. The molecule has 2 nitrogen and oxygen atoms in total. The van der Waals surface area contributed by atoms with E-state index in [1.54, 1.807) is 0 Å². The average molecular weight is 266 g/mol. The van der Waals surface area contributed by atoms with Crippen LogP contribution in [0.25, 0.3) is 0 Å². The number of carbonyl (C=O) groups excluding carboxylic acids is 1. The highest BCUT2D eigenvalue weighted by Crippen LogP contribution is 2.27. The Morgan fingerprint density at radius 2 is 1.94 bits per heavy atom. The molecular formula is C15H20ClNO. The largest absolute Gasteiger partial charge is 0.349 e. The summed E-state index contributed by atoms with van der Waals surface area (Å²) < 4.78 is 0. The first kappa shape index (κ1) is 13.4. The van der Waals surface area contributed by atoms with Crippen molar-refractivity contribution in [2.75, 3.05) is 5.88 Å². The van der Waals surface area contributed by atoms with Gasteiger partial charge in [0, 0.05) is 11.8 Å². The maximum absolute atomic E-state index is 12.3. The van der Waals surface area contributed by atoms with Crippen LogP contribution in [0.4, 0.5) is 0 Å². The van der Waals surface area contributed by atoms with Crippen molar-refractivity contribution in [3.05, 3.63) is 35.4 Å². The first-order valence-electron chi connectivity index (χ1n) is 6.53. The lowest BCUT2D eigenvalue weighted by Crippen LogP contribution is -2.49. The molecule has 1 aromatic rings. The van der Waals surface area contributed by atoms with E-state index in [-0.39, 0.29) is 17.4 Å². The van der Waals surface area contributed by atoms with Gasteiger partial charge >= 0.3 is 0 Å². The van der Waals surface area contributed by atoms with Gasteiger partial charge < -0.3 is 5.32 Å². The van der Waals surface area contributed by atoms with E-state index in [0.29, 0.717) is 5.88 Å². The lowest BCUT2D eigenvalue weighted by atomic mass is 9.98. The van der Waals surface area contributed by atoms with Crippen LogP contribution in [0.5, 0.6) is 0 Å². The number of nitrogens with one attached hydrogen (secondary N) is 1. The van der Waals surface area contributed by atoms with Crippen LogP contribution in [0.2, 0.25) is 0 Å². The van der Waals surface area contributed by atoms with E-state index >= 15 is 0 Å². The molecule has 0 aliphatic heterocycles. The molecule has 18 heavy (non-hydrogen) atoms. The third-order valence-corrected chi connectivity index (χ3v) is 4.51. The number of carbonyl (C=O) groups is 1. The van der Waals surface area contributed by atoms with Gasteiger partial charge in [0.05, 0.1) is 5.54 Å². The van der Waals surface area contributed by atoms with E-state index in [9.17, 15) is 4.79 Å². The minimum Gasteiger partial charge on any atom is -0.349 e. The number of halogens is 1. The molecule has 0 saturated heterocycles. The van der Waals surface area contributed by atoms with Crippen molar-refractivity contribution in [3.8, 4) is 0 Å². The number of fused-ring (bicyclic) bond motifs is 1. The highest BCUT2D eigenvalue weighted by Gasteiger charge is 2.31. The molecule has 0 saturated carbocycles. The van der Waals surface area contributed by atoms with Crippen molar-refractivity contribution in [1.29, 1.82) is 0 Å². The standard InChI is InChI=1S/C15H20ClNO/c1-3-15(2,10-16)17-14(18)13-8-11-6-4-5-7-12(11)9-13/h4-7,13H,3,8-10H2,1-2H3,(H,17,18). The Labute approximate surface area is 114 Å². The van der Waals surface area contributed by atoms with Crippen LogP contribution in [0.3, 0.4) is 0 Å². The van der Waals surface area contributed by atoms with Crippen molar-refractivity contribution in [2.45, 2.75) is 38.6 Å². The quantitative estimate of drug-likeness (QED) is 0.834. The molecular weight excluding hydrogens is 246 g/mol. The maximum atomic E-state index is 12.3. The molecule has 0 bridgehead atoms. The second kappa shape index (κ2) is 5.31. The third kappa shape index (κ3) is 2.69. The van der Waals surface area contributed by atoms with E-state index in [2.05, 4.69) is 17.4 Å². The van der Waals surface area contributed by atoms with Crippen molar-refractivity contribution >= 4 is 17.5 Å². The molecule has 0 heterocycles. The van der Waals surface area contributed by atoms with E-state index in [0.717, 1.165) is 19.3 Å². The lowest BCUT2D eigenvalue weighted by molar-refractivity contribution is -0.126. The summed E-state index contributed by atoms with van der Waals surface area (Å²) in [7, 11) is 0. The summed E-state index contributed by atoms with van der Waals surface area (Å²) in [5.41, 5.74) is 2.33. The molecule has 0 spiro atoms. The average Bonchev–Trinajstić information content (AvgIpc) is 2.82. The lowest BCUT2D eigenvalue weighted by Gasteiger charge is -2.28. The van der Waals surface area contributed by atoms with E-state index < -0.39 is 0 Å². The van der Waals surface area contributed by atoms with Gasteiger partial charge in [0.25, 0.3) is 0 Å². The van der Waals surface area contributed by atoms with Crippen LogP contribution in [0, 0.1) is 5.92 Å². The molecule has 1 amide bonds. The minimum atomic E-state index is -0.284. The second-order valence-corrected chi connectivity index (χ2v) is 5.68. The fraction of sp³-hybridized carbons (Fsp3) is 0.533. The van der Waals surface area contributed by atoms with E-state index in [1.807, 2.05) is 26.0 Å². The zero-order valence-electron chi connectivity index (χ0n) is 11.0. The van der Waals surface area contributed by atoms with Crippen LogP contribution in [-0.2, 0) is 17.6 Å². The van der Waals surface area contributed by atoms with Gasteiger partial charge in [-0.3, -0.25) is 4.79 Å². The molecule has 1 aliphatic rings. The first-order valence-corrected chi connectivity index (χ1v) is 7.06. The van der Waals surface area contributed by atoms with Gasteiger partial charge in [-0.15, -0.1) is 11.6 Å². The molecule has 1 N–H and O–H groups in total. The zero-order chi connectivity index (χ0) is 13.2. The van der Waals surface area contributed by atoms with E-state index in [4.69, 9.17) is 11.6 Å². The molecule has 1 aromatic carbocycles. The van der Waals surface area contributed by atoms with Crippen molar-refractivity contribution in [3.63, 3.8) is 0 Å². The topological polar surface area (TPSA) is 29.1 Å². The molecule has 1 aliphatic carbocycles. The van der Waals surface area contributed by atoms with Crippen LogP contribution >= 0.6 is 11.6 Å². The summed E-state index contributed by atoms with van der Waals surface area (Å²) in [5, 5.41) is 3.10. The fourth-order valence-electron chi connectivity index (χ4n) is 2.36. The number of rotatable bonds is 4. The fourth-order valence-corrected chi connectivity index (χ4v) is 2.62. The number of hydrogen-bond acceptors (Lipinski definition) is 1. The summed E-state index contributed by atoms with van der Waals surface area (Å²) in [6, 6.07) is 8.30.